The molecular weight excluding hydrogens is 196 g/mol. The smallest absolute Gasteiger partial charge is 0.310 e. The van der Waals surface area contributed by atoms with Crippen LogP contribution in [0, 0.1) is 17.8 Å². The number of carbonyl (C=O) groups is 1. The van der Waals surface area contributed by atoms with Crippen LogP contribution in [-0.2, 0) is 19.0 Å². The third-order valence-corrected chi connectivity index (χ3v) is 3.69. The first-order valence-electron chi connectivity index (χ1n) is 5.31. The van der Waals surface area contributed by atoms with Crippen LogP contribution in [0.5, 0.6) is 0 Å². The molecule has 0 radical (unpaired) electrons. The molecular formula is C11H14O4. The molecule has 1 aliphatic heterocycles. The molecule has 0 aromatic carbocycles. The summed E-state index contributed by atoms with van der Waals surface area (Å²) in [6.45, 7) is 1.26. The Morgan fingerprint density at radius 1 is 1.40 bits per heavy atom. The highest BCUT2D eigenvalue weighted by Gasteiger charge is 2.60. The van der Waals surface area contributed by atoms with Crippen molar-refractivity contribution < 1.29 is 19.0 Å². The third kappa shape index (κ3) is 1.12. The van der Waals surface area contributed by atoms with Gasteiger partial charge in [0.25, 0.3) is 0 Å². The lowest BCUT2D eigenvalue weighted by atomic mass is 9.95. The standard InChI is InChI=1S/C11H14O4/c1-13-10(12)9-7-2-3-8(9)11(6-7)14-4-5-15-11/h2-3,7-9H,4-6H2,1H3. The lowest BCUT2D eigenvalue weighted by molar-refractivity contribution is -0.181. The fraction of sp³-hybridized carbons (Fsp3) is 0.727. The van der Waals surface area contributed by atoms with Gasteiger partial charge in [0.05, 0.1) is 26.2 Å². The van der Waals surface area contributed by atoms with Gasteiger partial charge in [-0.1, -0.05) is 12.2 Å². The van der Waals surface area contributed by atoms with E-state index in [1.54, 1.807) is 0 Å². The third-order valence-electron chi connectivity index (χ3n) is 3.69. The van der Waals surface area contributed by atoms with Crippen molar-refractivity contribution in [2.45, 2.75) is 12.2 Å². The Hall–Kier alpha value is -0.870. The number of hydrogen-bond donors (Lipinski definition) is 0. The Labute approximate surface area is 88.2 Å². The lowest BCUT2D eigenvalue weighted by Crippen LogP contribution is -2.37. The molecule has 4 nitrogen and oxygen atoms in total. The summed E-state index contributed by atoms with van der Waals surface area (Å²) in [5.74, 6) is -0.518. The topological polar surface area (TPSA) is 44.8 Å². The molecule has 0 aromatic rings. The Morgan fingerprint density at radius 3 is 2.80 bits per heavy atom. The maximum Gasteiger partial charge on any atom is 0.310 e. The van der Waals surface area contributed by atoms with Crippen LogP contribution in [0.4, 0.5) is 0 Å². The van der Waals surface area contributed by atoms with E-state index in [0.717, 1.165) is 6.42 Å². The summed E-state index contributed by atoms with van der Waals surface area (Å²) in [4.78, 5) is 11.6. The molecule has 2 aliphatic carbocycles. The number of methoxy groups -OCH3 is 1. The molecule has 0 amide bonds. The van der Waals surface area contributed by atoms with Crippen molar-refractivity contribution in [2.24, 2.45) is 17.8 Å². The fourth-order valence-corrected chi connectivity index (χ4v) is 3.09. The van der Waals surface area contributed by atoms with Gasteiger partial charge in [-0.25, -0.2) is 0 Å². The van der Waals surface area contributed by atoms with Crippen LogP contribution in [0.1, 0.15) is 6.42 Å². The second kappa shape index (κ2) is 3.06. The Bertz CT molecular complexity index is 317. The minimum atomic E-state index is -0.529. The molecule has 1 saturated heterocycles. The Morgan fingerprint density at radius 2 is 2.13 bits per heavy atom. The highest BCUT2D eigenvalue weighted by atomic mass is 16.7. The van der Waals surface area contributed by atoms with Crippen molar-refractivity contribution in [3.63, 3.8) is 0 Å². The van der Waals surface area contributed by atoms with E-state index in [-0.39, 0.29) is 23.7 Å². The van der Waals surface area contributed by atoms with E-state index in [2.05, 4.69) is 6.08 Å². The van der Waals surface area contributed by atoms with Crippen LogP contribution in [-0.4, -0.2) is 32.1 Å². The summed E-state index contributed by atoms with van der Waals surface area (Å²) in [5.41, 5.74) is 0. The van der Waals surface area contributed by atoms with Crippen LogP contribution < -0.4 is 0 Å². The van der Waals surface area contributed by atoms with Gasteiger partial charge in [0.1, 0.15) is 0 Å². The van der Waals surface area contributed by atoms with E-state index in [1.165, 1.54) is 7.11 Å². The molecule has 4 heteroatoms. The van der Waals surface area contributed by atoms with E-state index in [9.17, 15) is 4.79 Å². The molecule has 3 atom stereocenters. The molecule has 2 bridgehead atoms. The van der Waals surface area contributed by atoms with Crippen molar-refractivity contribution in [3.8, 4) is 0 Å². The molecule has 3 rings (SSSR count). The number of ether oxygens (including phenoxy) is 3. The van der Waals surface area contributed by atoms with Crippen molar-refractivity contribution in [3.05, 3.63) is 12.2 Å². The zero-order valence-electron chi connectivity index (χ0n) is 8.64. The monoisotopic (exact) mass is 210 g/mol. The summed E-state index contributed by atoms with van der Waals surface area (Å²) >= 11 is 0. The molecule has 3 aliphatic rings. The first-order valence-corrected chi connectivity index (χ1v) is 5.31. The van der Waals surface area contributed by atoms with Crippen molar-refractivity contribution in [2.75, 3.05) is 20.3 Å². The van der Waals surface area contributed by atoms with Gasteiger partial charge >= 0.3 is 5.97 Å². The van der Waals surface area contributed by atoms with Gasteiger partial charge in [-0.15, -0.1) is 0 Å². The molecule has 82 valence electrons. The van der Waals surface area contributed by atoms with Crippen LogP contribution in [0.2, 0.25) is 0 Å². The van der Waals surface area contributed by atoms with E-state index < -0.39 is 5.79 Å². The zero-order valence-corrected chi connectivity index (χ0v) is 8.64. The zero-order chi connectivity index (χ0) is 10.5. The average molecular weight is 210 g/mol. The van der Waals surface area contributed by atoms with Crippen LogP contribution >= 0.6 is 0 Å². The van der Waals surface area contributed by atoms with Gasteiger partial charge in [0.2, 0.25) is 0 Å². The predicted molar refractivity (Wildman–Crippen MR) is 50.9 cm³/mol. The van der Waals surface area contributed by atoms with Crippen molar-refractivity contribution in [1.29, 1.82) is 0 Å². The molecule has 15 heavy (non-hydrogen) atoms. The minimum Gasteiger partial charge on any atom is -0.469 e. The SMILES string of the molecule is COC(=O)C1C2C=CC1C1(C2)OCCO1. The van der Waals surface area contributed by atoms with Crippen molar-refractivity contribution in [1.82, 2.24) is 0 Å². The molecule has 1 saturated carbocycles. The number of carbonyl (C=O) groups excluding carboxylic acids is 1. The minimum absolute atomic E-state index is 0.0393. The largest absolute Gasteiger partial charge is 0.469 e. The van der Waals surface area contributed by atoms with Gasteiger partial charge in [0, 0.05) is 12.3 Å². The van der Waals surface area contributed by atoms with Gasteiger partial charge < -0.3 is 14.2 Å². The molecule has 2 fully saturated rings. The normalized spacial score (nSPS) is 40.2. The second-order valence-corrected chi connectivity index (χ2v) is 4.34. The van der Waals surface area contributed by atoms with E-state index >= 15 is 0 Å². The highest BCUT2D eigenvalue weighted by molar-refractivity contribution is 5.75. The van der Waals surface area contributed by atoms with Gasteiger partial charge in [-0.2, -0.15) is 0 Å². The van der Waals surface area contributed by atoms with Gasteiger partial charge in [-0.05, 0) is 5.92 Å². The summed E-state index contributed by atoms with van der Waals surface area (Å²) in [5, 5.41) is 0. The van der Waals surface area contributed by atoms with Gasteiger partial charge in [0.15, 0.2) is 5.79 Å². The molecule has 1 heterocycles. The number of fused-ring (bicyclic) bond motifs is 3. The van der Waals surface area contributed by atoms with Crippen molar-refractivity contribution >= 4 is 5.97 Å². The van der Waals surface area contributed by atoms with E-state index in [1.807, 2.05) is 6.08 Å². The molecule has 1 spiro atoms. The maximum absolute atomic E-state index is 11.6. The van der Waals surface area contributed by atoms with E-state index in [0.29, 0.717) is 13.2 Å². The Balaban J connectivity index is 1.89. The van der Waals surface area contributed by atoms with Gasteiger partial charge in [-0.3, -0.25) is 4.79 Å². The number of allylic oxidation sites excluding steroid dienone is 1. The highest BCUT2D eigenvalue weighted by Crippen LogP contribution is 2.54. The molecule has 3 unspecified atom stereocenters. The predicted octanol–water partition coefficient (Wildman–Crippen LogP) is 0.725. The second-order valence-electron chi connectivity index (χ2n) is 4.34. The lowest BCUT2D eigenvalue weighted by Gasteiger charge is -2.29. The Kier molecular flexibility index (Phi) is 1.91. The summed E-state index contributed by atoms with van der Waals surface area (Å²) in [7, 11) is 1.43. The van der Waals surface area contributed by atoms with Crippen LogP contribution in [0.25, 0.3) is 0 Å². The fourth-order valence-electron chi connectivity index (χ4n) is 3.09. The van der Waals surface area contributed by atoms with Crippen LogP contribution in [0.3, 0.4) is 0 Å². The molecule has 0 N–H and O–H groups in total. The summed E-state index contributed by atoms with van der Waals surface area (Å²) in [6.07, 6.45) is 4.91. The van der Waals surface area contributed by atoms with E-state index in [4.69, 9.17) is 14.2 Å². The molecule has 0 aromatic heterocycles. The average Bonchev–Trinajstić information content (AvgIpc) is 2.92. The number of rotatable bonds is 1. The first kappa shape index (κ1) is 9.36. The first-order chi connectivity index (χ1) is 7.27. The van der Waals surface area contributed by atoms with Crippen LogP contribution in [0.15, 0.2) is 12.2 Å². The quantitative estimate of drug-likeness (QED) is 0.472. The number of esters is 1. The summed E-state index contributed by atoms with van der Waals surface area (Å²) in [6, 6.07) is 0. The maximum atomic E-state index is 11.6. The number of hydrogen-bond acceptors (Lipinski definition) is 4. The summed E-state index contributed by atoms with van der Waals surface area (Å²) < 4.78 is 16.2.